The number of rotatable bonds is 5. The summed E-state index contributed by atoms with van der Waals surface area (Å²) in [5, 5.41) is 0. The van der Waals surface area contributed by atoms with Crippen LogP contribution in [0.2, 0.25) is 0 Å². The molecule has 0 spiro atoms. The second kappa shape index (κ2) is 6.56. The topological polar surface area (TPSA) is 81.4 Å². The number of hydrogen-bond acceptors (Lipinski definition) is 4. The molecule has 1 saturated carbocycles. The summed E-state index contributed by atoms with van der Waals surface area (Å²) in [7, 11) is -3.51. The van der Waals surface area contributed by atoms with Crippen molar-refractivity contribution < 1.29 is 13.2 Å². The molecule has 20 heavy (non-hydrogen) atoms. The van der Waals surface area contributed by atoms with Crippen LogP contribution in [0.4, 0.5) is 0 Å². The fourth-order valence-electron chi connectivity index (χ4n) is 2.45. The first kappa shape index (κ1) is 15.3. The van der Waals surface area contributed by atoms with E-state index in [1.807, 2.05) is 6.92 Å². The average molecular weight is 298 g/mol. The number of benzene rings is 1. The van der Waals surface area contributed by atoms with Gasteiger partial charge in [0, 0.05) is 12.1 Å². The summed E-state index contributed by atoms with van der Waals surface area (Å²) < 4.78 is 32.6. The van der Waals surface area contributed by atoms with Crippen molar-refractivity contribution in [2.45, 2.75) is 49.6 Å². The van der Waals surface area contributed by atoms with Crippen LogP contribution in [-0.4, -0.2) is 27.1 Å². The van der Waals surface area contributed by atoms with E-state index < -0.39 is 10.0 Å². The lowest BCUT2D eigenvalue weighted by Crippen LogP contribution is -2.49. The first-order chi connectivity index (χ1) is 9.53. The number of sulfonamides is 1. The van der Waals surface area contributed by atoms with Gasteiger partial charge >= 0.3 is 0 Å². The standard InChI is InChI=1S/C14H22N2O3S/c1-2-19-11-7-9-12(10-8-11)20(17,18)16-14-6-4-3-5-13(14)15/h7-10,13-14,16H,2-6,15H2,1H3. The molecule has 2 atom stereocenters. The summed E-state index contributed by atoms with van der Waals surface area (Å²) in [6, 6.07) is 6.18. The van der Waals surface area contributed by atoms with Gasteiger partial charge in [-0.1, -0.05) is 12.8 Å². The zero-order valence-corrected chi connectivity index (χ0v) is 12.5. The van der Waals surface area contributed by atoms with E-state index >= 15 is 0 Å². The molecule has 6 heteroatoms. The van der Waals surface area contributed by atoms with Gasteiger partial charge in [0.15, 0.2) is 0 Å². The zero-order chi connectivity index (χ0) is 14.6. The SMILES string of the molecule is CCOc1ccc(S(=O)(=O)NC2CCCCC2N)cc1. The molecule has 1 aliphatic rings. The highest BCUT2D eigenvalue weighted by Gasteiger charge is 2.27. The van der Waals surface area contributed by atoms with Crippen molar-refractivity contribution in [2.75, 3.05) is 6.61 Å². The van der Waals surface area contributed by atoms with E-state index in [0.29, 0.717) is 12.4 Å². The Morgan fingerprint density at radius 3 is 2.50 bits per heavy atom. The molecular weight excluding hydrogens is 276 g/mol. The van der Waals surface area contributed by atoms with Crippen LogP contribution in [0.25, 0.3) is 0 Å². The Kier molecular flexibility index (Phi) is 5.01. The van der Waals surface area contributed by atoms with Crippen LogP contribution in [0.3, 0.4) is 0 Å². The summed E-state index contributed by atoms with van der Waals surface area (Å²) in [5.74, 6) is 0.667. The van der Waals surface area contributed by atoms with Gasteiger partial charge in [-0.2, -0.15) is 0 Å². The molecular formula is C14H22N2O3S. The van der Waals surface area contributed by atoms with Crippen LogP contribution < -0.4 is 15.2 Å². The molecule has 1 fully saturated rings. The van der Waals surface area contributed by atoms with Gasteiger partial charge in [0.05, 0.1) is 11.5 Å². The molecule has 1 aromatic carbocycles. The maximum atomic E-state index is 12.3. The second-order valence-electron chi connectivity index (χ2n) is 5.08. The van der Waals surface area contributed by atoms with Gasteiger partial charge in [0.25, 0.3) is 0 Å². The molecule has 0 bridgehead atoms. The number of nitrogens with one attached hydrogen (secondary N) is 1. The van der Waals surface area contributed by atoms with Crippen LogP contribution in [0.1, 0.15) is 32.6 Å². The molecule has 2 unspecified atom stereocenters. The number of ether oxygens (including phenoxy) is 1. The highest BCUT2D eigenvalue weighted by Crippen LogP contribution is 2.20. The number of hydrogen-bond donors (Lipinski definition) is 2. The molecule has 2 rings (SSSR count). The Morgan fingerprint density at radius 1 is 1.25 bits per heavy atom. The van der Waals surface area contributed by atoms with Crippen molar-refractivity contribution in [3.63, 3.8) is 0 Å². The molecule has 0 amide bonds. The molecule has 0 saturated heterocycles. The fraction of sp³-hybridized carbons (Fsp3) is 0.571. The molecule has 0 aliphatic heterocycles. The monoisotopic (exact) mass is 298 g/mol. The Morgan fingerprint density at radius 2 is 1.90 bits per heavy atom. The van der Waals surface area contributed by atoms with Gasteiger partial charge in [-0.15, -0.1) is 0 Å². The lowest BCUT2D eigenvalue weighted by molar-refractivity contribution is 0.340. The van der Waals surface area contributed by atoms with Crippen molar-refractivity contribution in [3.8, 4) is 5.75 Å². The Hall–Kier alpha value is -1.11. The molecule has 3 N–H and O–H groups in total. The van der Waals surface area contributed by atoms with Crippen molar-refractivity contribution in [1.29, 1.82) is 0 Å². The normalized spacial score (nSPS) is 23.5. The molecule has 1 aliphatic carbocycles. The van der Waals surface area contributed by atoms with Gasteiger partial charge < -0.3 is 10.5 Å². The van der Waals surface area contributed by atoms with E-state index in [-0.39, 0.29) is 17.0 Å². The summed E-state index contributed by atoms with van der Waals surface area (Å²) >= 11 is 0. The quantitative estimate of drug-likeness (QED) is 0.865. The van der Waals surface area contributed by atoms with E-state index in [1.54, 1.807) is 24.3 Å². The van der Waals surface area contributed by atoms with Crippen molar-refractivity contribution in [1.82, 2.24) is 4.72 Å². The molecule has 5 nitrogen and oxygen atoms in total. The van der Waals surface area contributed by atoms with Crippen molar-refractivity contribution in [2.24, 2.45) is 5.73 Å². The fourth-order valence-corrected chi connectivity index (χ4v) is 3.78. The van der Waals surface area contributed by atoms with E-state index in [4.69, 9.17) is 10.5 Å². The largest absolute Gasteiger partial charge is 0.494 e. The first-order valence-electron chi connectivity index (χ1n) is 7.03. The third kappa shape index (κ3) is 3.71. The van der Waals surface area contributed by atoms with E-state index in [9.17, 15) is 8.42 Å². The molecule has 0 aromatic heterocycles. The Bertz CT molecular complexity index is 528. The molecule has 0 radical (unpaired) electrons. The minimum atomic E-state index is -3.51. The minimum Gasteiger partial charge on any atom is -0.494 e. The van der Waals surface area contributed by atoms with E-state index in [1.165, 1.54) is 0 Å². The minimum absolute atomic E-state index is 0.0961. The summed E-state index contributed by atoms with van der Waals surface area (Å²) in [6.45, 7) is 2.44. The maximum absolute atomic E-state index is 12.3. The highest BCUT2D eigenvalue weighted by atomic mass is 32.2. The third-order valence-corrected chi connectivity index (χ3v) is 5.08. The summed E-state index contributed by atoms with van der Waals surface area (Å²) in [6.07, 6.45) is 3.76. The van der Waals surface area contributed by atoms with Gasteiger partial charge in [0.2, 0.25) is 10.0 Å². The average Bonchev–Trinajstić information content (AvgIpc) is 2.42. The zero-order valence-electron chi connectivity index (χ0n) is 11.7. The first-order valence-corrected chi connectivity index (χ1v) is 8.52. The lowest BCUT2D eigenvalue weighted by Gasteiger charge is -2.29. The molecule has 1 aromatic rings. The predicted molar refractivity (Wildman–Crippen MR) is 78.2 cm³/mol. The van der Waals surface area contributed by atoms with E-state index in [2.05, 4.69) is 4.72 Å². The molecule has 112 valence electrons. The number of nitrogens with two attached hydrogens (primary N) is 1. The van der Waals surface area contributed by atoms with Crippen molar-refractivity contribution >= 4 is 10.0 Å². The van der Waals surface area contributed by atoms with Crippen LogP contribution in [0, 0.1) is 0 Å². The van der Waals surface area contributed by atoms with Crippen LogP contribution in [-0.2, 0) is 10.0 Å². The van der Waals surface area contributed by atoms with Crippen LogP contribution >= 0.6 is 0 Å². The maximum Gasteiger partial charge on any atom is 0.240 e. The predicted octanol–water partition coefficient (Wildman–Crippen LogP) is 1.63. The van der Waals surface area contributed by atoms with Gasteiger partial charge in [-0.05, 0) is 44.0 Å². The Balaban J connectivity index is 2.09. The Labute approximate surface area is 120 Å². The van der Waals surface area contributed by atoms with Crippen molar-refractivity contribution in [3.05, 3.63) is 24.3 Å². The third-order valence-electron chi connectivity index (χ3n) is 3.57. The second-order valence-corrected chi connectivity index (χ2v) is 6.79. The van der Waals surface area contributed by atoms with Gasteiger partial charge in [0.1, 0.15) is 5.75 Å². The van der Waals surface area contributed by atoms with Crippen LogP contribution in [0.5, 0.6) is 5.75 Å². The lowest BCUT2D eigenvalue weighted by atomic mass is 9.92. The van der Waals surface area contributed by atoms with Gasteiger partial charge in [-0.3, -0.25) is 0 Å². The van der Waals surface area contributed by atoms with E-state index in [0.717, 1.165) is 25.7 Å². The molecule has 0 heterocycles. The van der Waals surface area contributed by atoms with Gasteiger partial charge in [-0.25, -0.2) is 13.1 Å². The highest BCUT2D eigenvalue weighted by molar-refractivity contribution is 7.89. The summed E-state index contributed by atoms with van der Waals surface area (Å²) in [4.78, 5) is 0.249. The van der Waals surface area contributed by atoms with Crippen LogP contribution in [0.15, 0.2) is 29.2 Å². The smallest absolute Gasteiger partial charge is 0.240 e. The summed E-state index contributed by atoms with van der Waals surface area (Å²) in [5.41, 5.74) is 5.98.